The first-order chi connectivity index (χ1) is 10.1. The lowest BCUT2D eigenvalue weighted by molar-refractivity contribution is 0.237. The SMILES string of the molecule is CC(C)Cc1nc(CN2CCC[C@@H]2c2cnn(C)c2)no1. The lowest BCUT2D eigenvalue weighted by Crippen LogP contribution is -2.23. The lowest BCUT2D eigenvalue weighted by Gasteiger charge is -2.21. The van der Waals surface area contributed by atoms with Crippen molar-refractivity contribution in [2.24, 2.45) is 13.0 Å². The monoisotopic (exact) mass is 289 g/mol. The molecule has 1 aliphatic rings. The summed E-state index contributed by atoms with van der Waals surface area (Å²) in [5.41, 5.74) is 1.28. The van der Waals surface area contributed by atoms with Crippen molar-refractivity contribution in [2.75, 3.05) is 6.54 Å². The molecule has 0 spiro atoms. The summed E-state index contributed by atoms with van der Waals surface area (Å²) < 4.78 is 7.19. The van der Waals surface area contributed by atoms with E-state index in [0.29, 0.717) is 12.0 Å². The Morgan fingerprint density at radius 2 is 2.29 bits per heavy atom. The van der Waals surface area contributed by atoms with Crippen molar-refractivity contribution in [3.63, 3.8) is 0 Å². The van der Waals surface area contributed by atoms with Crippen molar-refractivity contribution in [2.45, 2.75) is 45.7 Å². The number of aromatic nitrogens is 4. The molecule has 3 heterocycles. The maximum atomic E-state index is 5.33. The van der Waals surface area contributed by atoms with Gasteiger partial charge in [-0.15, -0.1) is 0 Å². The number of nitrogens with zero attached hydrogens (tertiary/aromatic N) is 5. The molecule has 114 valence electrons. The second kappa shape index (κ2) is 5.97. The van der Waals surface area contributed by atoms with Gasteiger partial charge in [0.25, 0.3) is 0 Å². The summed E-state index contributed by atoms with van der Waals surface area (Å²) in [6.07, 6.45) is 7.28. The quantitative estimate of drug-likeness (QED) is 0.845. The molecule has 0 aliphatic carbocycles. The number of aryl methyl sites for hydroxylation is 1. The highest BCUT2D eigenvalue weighted by Gasteiger charge is 2.28. The summed E-state index contributed by atoms with van der Waals surface area (Å²) in [4.78, 5) is 6.92. The highest BCUT2D eigenvalue weighted by Crippen LogP contribution is 2.32. The zero-order chi connectivity index (χ0) is 14.8. The summed E-state index contributed by atoms with van der Waals surface area (Å²) >= 11 is 0. The third-order valence-corrected chi connectivity index (χ3v) is 3.91. The van der Waals surface area contributed by atoms with Crippen molar-refractivity contribution in [3.05, 3.63) is 29.7 Å². The van der Waals surface area contributed by atoms with Crippen LogP contribution in [-0.4, -0.2) is 31.4 Å². The molecule has 0 N–H and O–H groups in total. The molecule has 2 aromatic rings. The van der Waals surface area contributed by atoms with Gasteiger partial charge in [-0.05, 0) is 25.3 Å². The van der Waals surface area contributed by atoms with E-state index in [1.807, 2.05) is 17.9 Å². The standard InChI is InChI=1S/C15H23N5O/c1-11(2)7-15-17-14(18-21-15)10-20-6-4-5-13(20)12-8-16-19(3)9-12/h8-9,11,13H,4-7,10H2,1-3H3/t13-/m1/s1. The van der Waals surface area contributed by atoms with Gasteiger partial charge in [-0.2, -0.15) is 10.1 Å². The van der Waals surface area contributed by atoms with Gasteiger partial charge in [0.15, 0.2) is 5.82 Å². The fraction of sp³-hybridized carbons (Fsp3) is 0.667. The van der Waals surface area contributed by atoms with Crippen LogP contribution in [0.3, 0.4) is 0 Å². The molecule has 6 nitrogen and oxygen atoms in total. The zero-order valence-electron chi connectivity index (χ0n) is 13.0. The predicted octanol–water partition coefficient (Wildman–Crippen LogP) is 2.34. The molecule has 0 amide bonds. The van der Waals surface area contributed by atoms with E-state index in [0.717, 1.165) is 31.2 Å². The predicted molar refractivity (Wildman–Crippen MR) is 78.4 cm³/mol. The molecule has 1 fully saturated rings. The van der Waals surface area contributed by atoms with E-state index < -0.39 is 0 Å². The fourth-order valence-corrected chi connectivity index (χ4v) is 2.97. The second-order valence-electron chi connectivity index (χ2n) is 6.28. The molecule has 21 heavy (non-hydrogen) atoms. The normalized spacial score (nSPS) is 19.7. The fourth-order valence-electron chi connectivity index (χ4n) is 2.97. The van der Waals surface area contributed by atoms with Crippen LogP contribution in [0.1, 0.15) is 50.0 Å². The van der Waals surface area contributed by atoms with Gasteiger partial charge in [-0.1, -0.05) is 19.0 Å². The number of hydrogen-bond donors (Lipinski definition) is 0. The van der Waals surface area contributed by atoms with E-state index >= 15 is 0 Å². The highest BCUT2D eigenvalue weighted by molar-refractivity contribution is 5.12. The third kappa shape index (κ3) is 3.32. The van der Waals surface area contributed by atoms with Crippen LogP contribution in [-0.2, 0) is 20.0 Å². The van der Waals surface area contributed by atoms with Crippen molar-refractivity contribution in [3.8, 4) is 0 Å². The summed E-state index contributed by atoms with van der Waals surface area (Å²) in [6, 6.07) is 0.422. The molecular formula is C15H23N5O. The van der Waals surface area contributed by atoms with Crippen LogP contribution in [0.5, 0.6) is 0 Å². The second-order valence-corrected chi connectivity index (χ2v) is 6.28. The molecule has 1 aliphatic heterocycles. The first kappa shape index (κ1) is 14.3. The molecule has 0 unspecified atom stereocenters. The Bertz CT molecular complexity index is 588. The Kier molecular flexibility index (Phi) is 4.05. The van der Waals surface area contributed by atoms with Gasteiger partial charge in [-0.3, -0.25) is 9.58 Å². The Balaban J connectivity index is 1.67. The van der Waals surface area contributed by atoms with Gasteiger partial charge in [0.2, 0.25) is 5.89 Å². The van der Waals surface area contributed by atoms with E-state index in [1.165, 1.54) is 18.4 Å². The first-order valence-electron chi connectivity index (χ1n) is 7.66. The average Bonchev–Trinajstić information content (AvgIpc) is 3.11. The van der Waals surface area contributed by atoms with Gasteiger partial charge < -0.3 is 4.52 Å². The smallest absolute Gasteiger partial charge is 0.226 e. The van der Waals surface area contributed by atoms with Gasteiger partial charge in [-0.25, -0.2) is 0 Å². The highest BCUT2D eigenvalue weighted by atomic mass is 16.5. The Morgan fingerprint density at radius 1 is 1.43 bits per heavy atom. The van der Waals surface area contributed by atoms with Gasteiger partial charge in [0.05, 0.1) is 12.7 Å². The van der Waals surface area contributed by atoms with Gasteiger partial charge in [0.1, 0.15) is 0 Å². The Morgan fingerprint density at radius 3 is 3.00 bits per heavy atom. The van der Waals surface area contributed by atoms with Crippen LogP contribution >= 0.6 is 0 Å². The zero-order valence-corrected chi connectivity index (χ0v) is 13.0. The molecule has 0 saturated carbocycles. The third-order valence-electron chi connectivity index (χ3n) is 3.91. The van der Waals surface area contributed by atoms with Crippen LogP contribution in [0.2, 0.25) is 0 Å². The average molecular weight is 289 g/mol. The van der Waals surface area contributed by atoms with Crippen molar-refractivity contribution >= 4 is 0 Å². The van der Waals surface area contributed by atoms with E-state index in [9.17, 15) is 0 Å². The van der Waals surface area contributed by atoms with E-state index in [2.05, 4.69) is 40.2 Å². The van der Waals surface area contributed by atoms with Crippen LogP contribution in [0, 0.1) is 5.92 Å². The van der Waals surface area contributed by atoms with Crippen LogP contribution < -0.4 is 0 Å². The molecular weight excluding hydrogens is 266 g/mol. The van der Waals surface area contributed by atoms with Crippen LogP contribution in [0.4, 0.5) is 0 Å². The van der Waals surface area contributed by atoms with Crippen molar-refractivity contribution in [1.29, 1.82) is 0 Å². The van der Waals surface area contributed by atoms with Gasteiger partial charge in [0, 0.05) is 31.3 Å². The van der Waals surface area contributed by atoms with Crippen LogP contribution in [0.15, 0.2) is 16.9 Å². The molecule has 0 aromatic carbocycles. The van der Waals surface area contributed by atoms with Gasteiger partial charge >= 0.3 is 0 Å². The van der Waals surface area contributed by atoms with E-state index in [-0.39, 0.29) is 0 Å². The maximum Gasteiger partial charge on any atom is 0.226 e. The minimum atomic E-state index is 0.422. The Labute approximate surface area is 125 Å². The summed E-state index contributed by atoms with van der Waals surface area (Å²) in [6.45, 7) is 6.14. The summed E-state index contributed by atoms with van der Waals surface area (Å²) in [5, 5.41) is 8.40. The largest absolute Gasteiger partial charge is 0.339 e. The topological polar surface area (TPSA) is 60.0 Å². The molecule has 1 atom stereocenters. The van der Waals surface area contributed by atoms with E-state index in [1.54, 1.807) is 0 Å². The Hall–Kier alpha value is -1.69. The lowest BCUT2D eigenvalue weighted by atomic mass is 10.1. The summed E-state index contributed by atoms with van der Waals surface area (Å²) in [5.74, 6) is 2.08. The molecule has 3 rings (SSSR count). The van der Waals surface area contributed by atoms with E-state index in [4.69, 9.17) is 4.52 Å². The molecule has 0 bridgehead atoms. The number of rotatable bonds is 5. The molecule has 0 radical (unpaired) electrons. The maximum absolute atomic E-state index is 5.33. The summed E-state index contributed by atoms with van der Waals surface area (Å²) in [7, 11) is 1.96. The van der Waals surface area contributed by atoms with Crippen molar-refractivity contribution < 1.29 is 4.52 Å². The number of likely N-dealkylation sites (tertiary alicyclic amines) is 1. The minimum Gasteiger partial charge on any atom is -0.339 e. The first-order valence-corrected chi connectivity index (χ1v) is 7.66. The molecule has 2 aromatic heterocycles. The minimum absolute atomic E-state index is 0.422. The van der Waals surface area contributed by atoms with Crippen LogP contribution in [0.25, 0.3) is 0 Å². The molecule has 6 heteroatoms. The number of hydrogen-bond acceptors (Lipinski definition) is 5. The van der Waals surface area contributed by atoms with Crippen molar-refractivity contribution in [1.82, 2.24) is 24.8 Å². The molecule has 1 saturated heterocycles.